The first kappa shape index (κ1) is 16.5. The van der Waals surface area contributed by atoms with Crippen molar-refractivity contribution in [2.75, 3.05) is 13.1 Å². The molecule has 0 spiro atoms. The zero-order valence-corrected chi connectivity index (χ0v) is 13.4. The van der Waals surface area contributed by atoms with Crippen LogP contribution in [0.2, 0.25) is 0 Å². The van der Waals surface area contributed by atoms with Gasteiger partial charge in [-0.3, -0.25) is 0 Å². The Kier molecular flexibility index (Phi) is 4.54. The maximum Gasteiger partial charge on any atom is 0.410 e. The SMILES string of the molecule is CC(C)(C)OC(=O)N1CCC(C=N)(c2cccc(F)c2)CC1. The number of nitrogens with one attached hydrogen (secondary N) is 1. The molecule has 22 heavy (non-hydrogen) atoms. The Morgan fingerprint density at radius 3 is 2.50 bits per heavy atom. The highest BCUT2D eigenvalue weighted by atomic mass is 19.1. The van der Waals surface area contributed by atoms with Crippen LogP contribution in [-0.2, 0) is 10.2 Å². The molecule has 0 aliphatic carbocycles. The lowest BCUT2D eigenvalue weighted by atomic mass is 9.74. The van der Waals surface area contributed by atoms with Gasteiger partial charge >= 0.3 is 6.09 Å². The Labute approximate surface area is 130 Å². The molecule has 1 aliphatic heterocycles. The number of hydrogen-bond acceptors (Lipinski definition) is 3. The standard InChI is InChI=1S/C17H23FN2O2/c1-16(2,3)22-15(21)20-9-7-17(12-19,8-10-20)13-5-4-6-14(18)11-13/h4-6,11-12,19H,7-10H2,1-3H3. The van der Waals surface area contributed by atoms with E-state index in [9.17, 15) is 9.18 Å². The third kappa shape index (κ3) is 3.64. The summed E-state index contributed by atoms with van der Waals surface area (Å²) < 4.78 is 18.8. The number of halogens is 1. The molecule has 1 heterocycles. The minimum atomic E-state index is -0.518. The molecule has 1 aromatic rings. The summed E-state index contributed by atoms with van der Waals surface area (Å²) >= 11 is 0. The van der Waals surface area contributed by atoms with Crippen LogP contribution in [0.4, 0.5) is 9.18 Å². The lowest BCUT2D eigenvalue weighted by molar-refractivity contribution is 0.0190. The van der Waals surface area contributed by atoms with E-state index in [0.29, 0.717) is 25.9 Å². The molecule has 0 unspecified atom stereocenters. The molecule has 1 amide bonds. The Hall–Kier alpha value is -1.91. The van der Waals surface area contributed by atoms with Crippen molar-refractivity contribution >= 4 is 12.3 Å². The van der Waals surface area contributed by atoms with Gasteiger partial charge in [0.2, 0.25) is 0 Å². The molecule has 120 valence electrons. The average molecular weight is 306 g/mol. The second-order valence-corrected chi connectivity index (χ2v) is 6.78. The van der Waals surface area contributed by atoms with Crippen molar-refractivity contribution in [1.29, 1.82) is 5.41 Å². The fourth-order valence-electron chi connectivity index (χ4n) is 2.73. The second kappa shape index (κ2) is 6.07. The van der Waals surface area contributed by atoms with E-state index in [1.807, 2.05) is 26.8 Å². The highest BCUT2D eigenvalue weighted by Crippen LogP contribution is 2.34. The number of nitrogens with zero attached hydrogens (tertiary/aromatic N) is 1. The van der Waals surface area contributed by atoms with Gasteiger partial charge in [-0.15, -0.1) is 0 Å². The Morgan fingerprint density at radius 2 is 2.00 bits per heavy atom. The summed E-state index contributed by atoms with van der Waals surface area (Å²) in [5.74, 6) is -0.298. The van der Waals surface area contributed by atoms with Crippen molar-refractivity contribution in [2.45, 2.75) is 44.6 Å². The van der Waals surface area contributed by atoms with Gasteiger partial charge in [0.05, 0.1) is 0 Å². The van der Waals surface area contributed by atoms with E-state index in [1.54, 1.807) is 11.0 Å². The van der Waals surface area contributed by atoms with E-state index < -0.39 is 11.0 Å². The Morgan fingerprint density at radius 1 is 1.36 bits per heavy atom. The van der Waals surface area contributed by atoms with Crippen LogP contribution in [0.3, 0.4) is 0 Å². The summed E-state index contributed by atoms with van der Waals surface area (Å²) in [6.45, 7) is 6.51. The van der Waals surface area contributed by atoms with Gasteiger partial charge in [0.15, 0.2) is 0 Å². The third-order valence-electron chi connectivity index (χ3n) is 3.98. The van der Waals surface area contributed by atoms with Gasteiger partial charge in [-0.2, -0.15) is 0 Å². The quantitative estimate of drug-likeness (QED) is 0.846. The number of likely N-dealkylation sites (tertiary alicyclic amines) is 1. The maximum atomic E-state index is 13.5. The molecule has 0 radical (unpaired) electrons. The first-order chi connectivity index (χ1) is 10.3. The van der Waals surface area contributed by atoms with Gasteiger partial charge in [-0.05, 0) is 51.3 Å². The highest BCUT2D eigenvalue weighted by molar-refractivity contribution is 5.73. The number of ether oxygens (including phenoxy) is 1. The summed E-state index contributed by atoms with van der Waals surface area (Å²) in [6, 6.07) is 6.39. The van der Waals surface area contributed by atoms with Crippen LogP contribution >= 0.6 is 0 Å². The fourth-order valence-corrected chi connectivity index (χ4v) is 2.73. The molecule has 0 saturated carbocycles. The highest BCUT2D eigenvalue weighted by Gasteiger charge is 2.37. The van der Waals surface area contributed by atoms with E-state index in [2.05, 4.69) is 0 Å². The van der Waals surface area contributed by atoms with Gasteiger partial charge in [0.25, 0.3) is 0 Å². The number of hydrogen-bond donors (Lipinski definition) is 1. The van der Waals surface area contributed by atoms with Crippen LogP contribution in [0.25, 0.3) is 0 Å². The van der Waals surface area contributed by atoms with Crippen molar-refractivity contribution < 1.29 is 13.9 Å². The molecular formula is C17H23FN2O2. The molecule has 2 rings (SSSR count). The monoisotopic (exact) mass is 306 g/mol. The van der Waals surface area contributed by atoms with Gasteiger partial charge in [0, 0.05) is 24.7 Å². The number of rotatable bonds is 2. The predicted octanol–water partition coefficient (Wildman–Crippen LogP) is 3.74. The first-order valence-electron chi connectivity index (χ1n) is 7.51. The van der Waals surface area contributed by atoms with Crippen LogP contribution in [0.5, 0.6) is 0 Å². The number of amides is 1. The second-order valence-electron chi connectivity index (χ2n) is 6.78. The summed E-state index contributed by atoms with van der Waals surface area (Å²) in [7, 11) is 0. The summed E-state index contributed by atoms with van der Waals surface area (Å²) in [5, 5.41) is 7.79. The van der Waals surface area contributed by atoms with Gasteiger partial charge < -0.3 is 15.0 Å². The van der Waals surface area contributed by atoms with E-state index in [1.165, 1.54) is 18.3 Å². The molecular weight excluding hydrogens is 283 g/mol. The molecule has 0 aromatic heterocycles. The van der Waals surface area contributed by atoms with Crippen molar-refractivity contribution in [2.24, 2.45) is 0 Å². The van der Waals surface area contributed by atoms with Gasteiger partial charge in [-0.25, -0.2) is 9.18 Å². The van der Waals surface area contributed by atoms with Crippen LogP contribution in [-0.4, -0.2) is 35.9 Å². The smallest absolute Gasteiger partial charge is 0.410 e. The van der Waals surface area contributed by atoms with Crippen molar-refractivity contribution in [3.05, 3.63) is 35.6 Å². The lowest BCUT2D eigenvalue weighted by Crippen LogP contribution is -2.47. The first-order valence-corrected chi connectivity index (χ1v) is 7.51. The largest absolute Gasteiger partial charge is 0.444 e. The number of carbonyl (C=O) groups excluding carboxylic acids is 1. The normalized spacial score (nSPS) is 17.9. The molecule has 4 nitrogen and oxygen atoms in total. The molecule has 0 atom stereocenters. The Bertz CT molecular complexity index is 558. The molecule has 1 aromatic carbocycles. The van der Waals surface area contributed by atoms with E-state index >= 15 is 0 Å². The van der Waals surface area contributed by atoms with Gasteiger partial charge in [0.1, 0.15) is 11.4 Å². The summed E-state index contributed by atoms with van der Waals surface area (Å²) in [4.78, 5) is 13.7. The molecule has 0 bridgehead atoms. The average Bonchev–Trinajstić information content (AvgIpc) is 2.45. The van der Waals surface area contributed by atoms with Crippen LogP contribution in [0.15, 0.2) is 24.3 Å². The molecule has 1 fully saturated rings. The zero-order valence-electron chi connectivity index (χ0n) is 13.4. The van der Waals surface area contributed by atoms with Crippen LogP contribution in [0, 0.1) is 11.2 Å². The summed E-state index contributed by atoms with van der Waals surface area (Å²) in [5.41, 5.74) is -0.220. The van der Waals surface area contributed by atoms with Crippen molar-refractivity contribution in [3.63, 3.8) is 0 Å². The lowest BCUT2D eigenvalue weighted by Gasteiger charge is -2.40. The van der Waals surface area contributed by atoms with E-state index in [4.69, 9.17) is 10.1 Å². The maximum absolute atomic E-state index is 13.5. The fraction of sp³-hybridized carbons (Fsp3) is 0.529. The minimum Gasteiger partial charge on any atom is -0.444 e. The summed E-state index contributed by atoms with van der Waals surface area (Å²) in [6.07, 6.45) is 2.25. The zero-order chi connectivity index (χ0) is 16.4. The topological polar surface area (TPSA) is 53.4 Å². The Balaban J connectivity index is 2.09. The molecule has 1 aliphatic rings. The number of piperidine rings is 1. The van der Waals surface area contributed by atoms with Crippen molar-refractivity contribution in [3.8, 4) is 0 Å². The minimum absolute atomic E-state index is 0.298. The number of benzene rings is 1. The molecule has 1 N–H and O–H groups in total. The third-order valence-corrected chi connectivity index (χ3v) is 3.98. The van der Waals surface area contributed by atoms with Gasteiger partial charge in [-0.1, -0.05) is 12.1 Å². The molecule has 1 saturated heterocycles. The van der Waals surface area contributed by atoms with E-state index in [0.717, 1.165) is 5.56 Å². The predicted molar refractivity (Wildman–Crippen MR) is 83.9 cm³/mol. The molecule has 5 heteroatoms. The van der Waals surface area contributed by atoms with Crippen molar-refractivity contribution in [1.82, 2.24) is 4.90 Å². The number of carbonyl (C=O) groups is 1. The van der Waals surface area contributed by atoms with Crippen LogP contribution in [0.1, 0.15) is 39.2 Å². The van der Waals surface area contributed by atoms with Crippen LogP contribution < -0.4 is 0 Å². The van der Waals surface area contributed by atoms with E-state index in [-0.39, 0.29) is 11.9 Å².